The summed E-state index contributed by atoms with van der Waals surface area (Å²) < 4.78 is 40.6. The van der Waals surface area contributed by atoms with Gasteiger partial charge in [-0.2, -0.15) is 5.10 Å². The first kappa shape index (κ1) is 13.1. The number of carbonyl (C=O) groups is 1. The van der Waals surface area contributed by atoms with Crippen LogP contribution in [0.2, 0.25) is 0 Å². The van der Waals surface area contributed by atoms with E-state index in [1.807, 2.05) is 0 Å². The van der Waals surface area contributed by atoms with Gasteiger partial charge in [-0.3, -0.25) is 0 Å². The molecular formula is C12H9F3N2O2. The van der Waals surface area contributed by atoms with Crippen LogP contribution in [0.1, 0.15) is 21.7 Å². The second-order valence-electron chi connectivity index (χ2n) is 3.98. The van der Waals surface area contributed by atoms with Gasteiger partial charge in [-0.15, -0.1) is 0 Å². The Hall–Kier alpha value is -2.31. The molecule has 0 saturated carbocycles. The third-order valence-electron chi connectivity index (χ3n) is 2.72. The second-order valence-corrected chi connectivity index (χ2v) is 3.98. The molecule has 2 aromatic rings. The van der Waals surface area contributed by atoms with Crippen molar-refractivity contribution in [2.24, 2.45) is 0 Å². The fourth-order valence-electron chi connectivity index (χ4n) is 1.86. The summed E-state index contributed by atoms with van der Waals surface area (Å²) in [6, 6.07) is 1.03. The van der Waals surface area contributed by atoms with Gasteiger partial charge in [0.15, 0.2) is 17.5 Å². The molecule has 0 saturated heterocycles. The standard InChI is InChI=1S/C12H9F3N2O2/c1-5-11(12(18)19)6(2)17(16-5)10-4-8(14)7(13)3-9(10)15/h3-4H,1-2H3,(H,18,19). The van der Waals surface area contributed by atoms with E-state index in [-0.39, 0.29) is 22.6 Å². The summed E-state index contributed by atoms with van der Waals surface area (Å²) in [5, 5.41) is 12.8. The molecule has 100 valence electrons. The Labute approximate surface area is 106 Å². The Morgan fingerprint density at radius 1 is 1.16 bits per heavy atom. The van der Waals surface area contributed by atoms with Crippen molar-refractivity contribution < 1.29 is 23.1 Å². The number of benzene rings is 1. The van der Waals surface area contributed by atoms with Gasteiger partial charge in [-0.05, 0) is 13.8 Å². The lowest BCUT2D eigenvalue weighted by Crippen LogP contribution is -2.05. The molecule has 19 heavy (non-hydrogen) atoms. The SMILES string of the molecule is Cc1nn(-c2cc(F)c(F)cc2F)c(C)c1C(=O)O. The molecule has 0 atom stereocenters. The summed E-state index contributed by atoms with van der Waals surface area (Å²) in [6.07, 6.45) is 0. The number of carboxylic acid groups (broad SMARTS) is 1. The van der Waals surface area contributed by atoms with E-state index in [1.165, 1.54) is 13.8 Å². The van der Waals surface area contributed by atoms with Crippen LogP contribution < -0.4 is 0 Å². The average Bonchev–Trinajstić information content (AvgIpc) is 2.59. The third-order valence-corrected chi connectivity index (χ3v) is 2.72. The normalized spacial score (nSPS) is 10.8. The molecule has 0 amide bonds. The van der Waals surface area contributed by atoms with E-state index in [0.29, 0.717) is 12.1 Å². The quantitative estimate of drug-likeness (QED) is 0.853. The Balaban J connectivity index is 2.70. The third kappa shape index (κ3) is 2.07. The summed E-state index contributed by atoms with van der Waals surface area (Å²) in [5.74, 6) is -4.80. The molecule has 4 nitrogen and oxygen atoms in total. The van der Waals surface area contributed by atoms with Gasteiger partial charge in [0.25, 0.3) is 0 Å². The lowest BCUT2D eigenvalue weighted by molar-refractivity contribution is 0.0695. The fourth-order valence-corrected chi connectivity index (χ4v) is 1.86. The molecular weight excluding hydrogens is 261 g/mol. The number of carboxylic acids is 1. The summed E-state index contributed by atoms with van der Waals surface area (Å²) in [4.78, 5) is 11.0. The summed E-state index contributed by atoms with van der Waals surface area (Å²) >= 11 is 0. The smallest absolute Gasteiger partial charge is 0.339 e. The molecule has 7 heteroatoms. The maximum absolute atomic E-state index is 13.6. The van der Waals surface area contributed by atoms with Crippen molar-refractivity contribution in [3.8, 4) is 5.69 Å². The number of halogens is 3. The van der Waals surface area contributed by atoms with Crippen LogP contribution in [0.15, 0.2) is 12.1 Å². The molecule has 0 aliphatic carbocycles. The van der Waals surface area contributed by atoms with Crippen LogP contribution in [0.5, 0.6) is 0 Å². The molecule has 0 radical (unpaired) electrons. The van der Waals surface area contributed by atoms with E-state index < -0.39 is 23.4 Å². The maximum atomic E-state index is 13.6. The molecule has 1 aromatic carbocycles. The van der Waals surface area contributed by atoms with E-state index in [0.717, 1.165) is 4.68 Å². The monoisotopic (exact) mass is 270 g/mol. The van der Waals surface area contributed by atoms with Crippen molar-refractivity contribution in [3.05, 3.63) is 46.5 Å². The largest absolute Gasteiger partial charge is 0.478 e. The van der Waals surface area contributed by atoms with Crippen molar-refractivity contribution in [1.29, 1.82) is 0 Å². The highest BCUT2D eigenvalue weighted by Gasteiger charge is 2.21. The van der Waals surface area contributed by atoms with Gasteiger partial charge in [0.05, 0.1) is 11.4 Å². The first-order valence-corrected chi connectivity index (χ1v) is 5.27. The molecule has 2 rings (SSSR count). The van der Waals surface area contributed by atoms with Crippen LogP contribution in [0.3, 0.4) is 0 Å². The first-order valence-electron chi connectivity index (χ1n) is 5.27. The van der Waals surface area contributed by atoms with E-state index >= 15 is 0 Å². The van der Waals surface area contributed by atoms with Crippen molar-refractivity contribution in [3.63, 3.8) is 0 Å². The predicted octanol–water partition coefficient (Wildman–Crippen LogP) is 2.60. The molecule has 0 fully saturated rings. The lowest BCUT2D eigenvalue weighted by Gasteiger charge is -2.06. The van der Waals surface area contributed by atoms with Crippen molar-refractivity contribution in [1.82, 2.24) is 9.78 Å². The predicted molar refractivity (Wildman–Crippen MR) is 59.9 cm³/mol. The fraction of sp³-hybridized carbons (Fsp3) is 0.167. The Morgan fingerprint density at radius 2 is 1.74 bits per heavy atom. The van der Waals surface area contributed by atoms with Gasteiger partial charge < -0.3 is 5.11 Å². The Bertz CT molecular complexity index is 680. The topological polar surface area (TPSA) is 55.1 Å². The van der Waals surface area contributed by atoms with Crippen LogP contribution >= 0.6 is 0 Å². The molecule has 1 heterocycles. The molecule has 1 aromatic heterocycles. The van der Waals surface area contributed by atoms with Crippen molar-refractivity contribution >= 4 is 5.97 Å². The maximum Gasteiger partial charge on any atom is 0.339 e. The van der Waals surface area contributed by atoms with E-state index in [2.05, 4.69) is 5.10 Å². The Kier molecular flexibility index (Phi) is 3.05. The number of aryl methyl sites for hydroxylation is 1. The number of aromatic carboxylic acids is 1. The molecule has 0 unspecified atom stereocenters. The van der Waals surface area contributed by atoms with Crippen LogP contribution in [0, 0.1) is 31.3 Å². The minimum atomic E-state index is -1.32. The van der Waals surface area contributed by atoms with Gasteiger partial charge in [0.2, 0.25) is 0 Å². The van der Waals surface area contributed by atoms with Crippen molar-refractivity contribution in [2.75, 3.05) is 0 Å². The molecule has 0 bridgehead atoms. The molecule has 0 aliphatic rings. The highest BCUT2D eigenvalue weighted by atomic mass is 19.2. The van der Waals surface area contributed by atoms with E-state index in [9.17, 15) is 18.0 Å². The van der Waals surface area contributed by atoms with Crippen LogP contribution in [-0.4, -0.2) is 20.9 Å². The van der Waals surface area contributed by atoms with Gasteiger partial charge in [-0.1, -0.05) is 0 Å². The zero-order valence-electron chi connectivity index (χ0n) is 10.0. The van der Waals surface area contributed by atoms with Gasteiger partial charge in [0, 0.05) is 12.1 Å². The second kappa shape index (κ2) is 4.42. The minimum absolute atomic E-state index is 0.0934. The average molecular weight is 270 g/mol. The molecule has 0 spiro atoms. The number of hydrogen-bond acceptors (Lipinski definition) is 2. The van der Waals surface area contributed by atoms with Gasteiger partial charge >= 0.3 is 5.97 Å². The van der Waals surface area contributed by atoms with Crippen LogP contribution in [-0.2, 0) is 0 Å². The zero-order valence-corrected chi connectivity index (χ0v) is 10.0. The van der Waals surface area contributed by atoms with Crippen LogP contribution in [0.25, 0.3) is 5.69 Å². The summed E-state index contributed by atoms with van der Waals surface area (Å²) in [7, 11) is 0. The number of rotatable bonds is 2. The summed E-state index contributed by atoms with van der Waals surface area (Å²) in [6.45, 7) is 2.84. The summed E-state index contributed by atoms with van der Waals surface area (Å²) in [5.41, 5.74) is -0.139. The molecule has 1 N–H and O–H groups in total. The number of aromatic nitrogens is 2. The number of hydrogen-bond donors (Lipinski definition) is 1. The highest BCUT2D eigenvalue weighted by Crippen LogP contribution is 2.22. The Morgan fingerprint density at radius 3 is 2.26 bits per heavy atom. The zero-order chi connectivity index (χ0) is 14.3. The first-order chi connectivity index (χ1) is 8.82. The van der Waals surface area contributed by atoms with Gasteiger partial charge in [-0.25, -0.2) is 22.6 Å². The number of nitrogens with zero attached hydrogens (tertiary/aromatic N) is 2. The van der Waals surface area contributed by atoms with E-state index in [4.69, 9.17) is 5.11 Å². The van der Waals surface area contributed by atoms with Gasteiger partial charge in [0.1, 0.15) is 11.3 Å². The highest BCUT2D eigenvalue weighted by molar-refractivity contribution is 5.90. The van der Waals surface area contributed by atoms with E-state index in [1.54, 1.807) is 0 Å². The minimum Gasteiger partial charge on any atom is -0.478 e. The van der Waals surface area contributed by atoms with Crippen molar-refractivity contribution in [2.45, 2.75) is 13.8 Å². The lowest BCUT2D eigenvalue weighted by atomic mass is 10.2. The van der Waals surface area contributed by atoms with Crippen LogP contribution in [0.4, 0.5) is 13.2 Å². The molecule has 0 aliphatic heterocycles.